The zero-order chi connectivity index (χ0) is 15.9. The van der Waals surface area contributed by atoms with Gasteiger partial charge >= 0.3 is 5.97 Å². The second kappa shape index (κ2) is 7.95. The number of aryl methyl sites for hydroxylation is 1. The van der Waals surface area contributed by atoms with E-state index in [0.717, 1.165) is 29.5 Å². The summed E-state index contributed by atoms with van der Waals surface area (Å²) in [5.74, 6) is -0.456. The maximum absolute atomic E-state index is 12.9. The number of esters is 1. The predicted octanol–water partition coefficient (Wildman–Crippen LogP) is 4.65. The Morgan fingerprint density at radius 1 is 1.09 bits per heavy atom. The molecular formula is C18H18ClFO2. The average molecular weight is 321 g/mol. The highest BCUT2D eigenvalue weighted by molar-refractivity contribution is 6.22. The summed E-state index contributed by atoms with van der Waals surface area (Å²) in [4.78, 5) is 11.1. The molecule has 2 aromatic rings. The molecule has 4 heteroatoms. The Labute approximate surface area is 134 Å². The summed E-state index contributed by atoms with van der Waals surface area (Å²) in [6.45, 7) is 0. The number of rotatable bonds is 6. The zero-order valence-corrected chi connectivity index (χ0v) is 13.1. The lowest BCUT2D eigenvalue weighted by molar-refractivity contribution is -0.140. The number of carbonyl (C=O) groups excluding carboxylic acids is 1. The third kappa shape index (κ3) is 4.57. The lowest BCUT2D eigenvalue weighted by atomic mass is 10.0. The van der Waals surface area contributed by atoms with Crippen molar-refractivity contribution in [2.45, 2.75) is 24.6 Å². The minimum Gasteiger partial charge on any atom is -0.469 e. The Bertz CT molecular complexity index is 608. The van der Waals surface area contributed by atoms with Gasteiger partial charge in [0, 0.05) is 6.42 Å². The Morgan fingerprint density at radius 2 is 1.64 bits per heavy atom. The van der Waals surface area contributed by atoms with E-state index in [2.05, 4.69) is 4.74 Å². The second-order valence-electron chi connectivity index (χ2n) is 5.09. The molecule has 1 atom stereocenters. The Kier molecular flexibility index (Phi) is 5.96. The SMILES string of the molecule is COC(=O)CCCc1ccc(C(Cl)c2ccc(F)cc2)cc1. The molecule has 0 aromatic heterocycles. The van der Waals surface area contributed by atoms with Crippen LogP contribution in [0.1, 0.15) is 34.9 Å². The first-order valence-electron chi connectivity index (χ1n) is 7.15. The van der Waals surface area contributed by atoms with E-state index in [-0.39, 0.29) is 17.2 Å². The minimum absolute atomic E-state index is 0.186. The zero-order valence-electron chi connectivity index (χ0n) is 12.4. The average Bonchev–Trinajstić information content (AvgIpc) is 2.55. The van der Waals surface area contributed by atoms with Crippen molar-refractivity contribution in [3.8, 4) is 0 Å². The molecule has 0 heterocycles. The first-order valence-corrected chi connectivity index (χ1v) is 7.59. The lowest BCUT2D eigenvalue weighted by Crippen LogP contribution is -2.00. The van der Waals surface area contributed by atoms with Crippen LogP contribution < -0.4 is 0 Å². The first kappa shape index (κ1) is 16.5. The minimum atomic E-state index is -0.301. The highest BCUT2D eigenvalue weighted by Gasteiger charge is 2.10. The van der Waals surface area contributed by atoms with Crippen molar-refractivity contribution in [3.05, 3.63) is 71.0 Å². The molecule has 0 aliphatic heterocycles. The predicted molar refractivity (Wildman–Crippen MR) is 85.5 cm³/mol. The van der Waals surface area contributed by atoms with Crippen molar-refractivity contribution < 1.29 is 13.9 Å². The molecule has 1 unspecified atom stereocenters. The molecule has 0 spiro atoms. The van der Waals surface area contributed by atoms with Crippen LogP contribution in [0.25, 0.3) is 0 Å². The number of alkyl halides is 1. The number of methoxy groups -OCH3 is 1. The highest BCUT2D eigenvalue weighted by Crippen LogP contribution is 2.29. The molecule has 22 heavy (non-hydrogen) atoms. The Balaban J connectivity index is 1.96. The van der Waals surface area contributed by atoms with E-state index in [9.17, 15) is 9.18 Å². The molecule has 116 valence electrons. The topological polar surface area (TPSA) is 26.3 Å². The largest absolute Gasteiger partial charge is 0.469 e. The summed E-state index contributed by atoms with van der Waals surface area (Å²) in [5.41, 5.74) is 2.97. The van der Waals surface area contributed by atoms with Gasteiger partial charge in [-0.05, 0) is 41.7 Å². The van der Waals surface area contributed by atoms with Gasteiger partial charge in [-0.25, -0.2) is 4.39 Å². The summed E-state index contributed by atoms with van der Waals surface area (Å²) in [6, 6.07) is 14.1. The van der Waals surface area contributed by atoms with E-state index in [1.54, 1.807) is 12.1 Å². The van der Waals surface area contributed by atoms with Gasteiger partial charge in [-0.2, -0.15) is 0 Å². The van der Waals surface area contributed by atoms with Gasteiger partial charge in [-0.15, -0.1) is 11.6 Å². The lowest BCUT2D eigenvalue weighted by Gasteiger charge is -2.11. The molecule has 2 aromatic carbocycles. The van der Waals surface area contributed by atoms with Crippen LogP contribution in [0, 0.1) is 5.82 Å². The molecule has 0 radical (unpaired) electrons. The van der Waals surface area contributed by atoms with Crippen LogP contribution in [0.2, 0.25) is 0 Å². The van der Waals surface area contributed by atoms with Gasteiger partial charge < -0.3 is 4.74 Å². The number of ether oxygens (including phenoxy) is 1. The monoisotopic (exact) mass is 320 g/mol. The van der Waals surface area contributed by atoms with Gasteiger partial charge in [0.2, 0.25) is 0 Å². The molecule has 0 aliphatic rings. The Morgan fingerprint density at radius 3 is 2.18 bits per heavy atom. The van der Waals surface area contributed by atoms with Gasteiger partial charge in [0.15, 0.2) is 0 Å². The van der Waals surface area contributed by atoms with Gasteiger partial charge in [0.25, 0.3) is 0 Å². The maximum atomic E-state index is 12.9. The fraction of sp³-hybridized carbons (Fsp3) is 0.278. The van der Waals surface area contributed by atoms with Crippen LogP contribution in [0.3, 0.4) is 0 Å². The van der Waals surface area contributed by atoms with Crippen LogP contribution in [0.4, 0.5) is 4.39 Å². The third-order valence-corrected chi connectivity index (χ3v) is 4.01. The van der Waals surface area contributed by atoms with E-state index in [1.807, 2.05) is 24.3 Å². The van der Waals surface area contributed by atoms with Gasteiger partial charge in [-0.3, -0.25) is 4.79 Å². The summed E-state index contributed by atoms with van der Waals surface area (Å²) < 4.78 is 17.5. The summed E-state index contributed by atoms with van der Waals surface area (Å²) in [5, 5.41) is -0.301. The fourth-order valence-corrected chi connectivity index (χ4v) is 2.51. The first-order chi connectivity index (χ1) is 10.6. The van der Waals surface area contributed by atoms with E-state index in [4.69, 9.17) is 11.6 Å². The molecule has 0 fully saturated rings. The molecule has 0 saturated carbocycles. The second-order valence-corrected chi connectivity index (χ2v) is 5.52. The number of hydrogen-bond donors (Lipinski definition) is 0. The normalized spacial score (nSPS) is 12.0. The quantitative estimate of drug-likeness (QED) is 0.572. The van der Waals surface area contributed by atoms with Crippen molar-refractivity contribution in [3.63, 3.8) is 0 Å². The molecule has 0 N–H and O–H groups in total. The van der Waals surface area contributed by atoms with Crippen LogP contribution in [-0.4, -0.2) is 13.1 Å². The van der Waals surface area contributed by atoms with Gasteiger partial charge in [-0.1, -0.05) is 36.4 Å². The number of benzene rings is 2. The van der Waals surface area contributed by atoms with Crippen molar-refractivity contribution in [2.24, 2.45) is 0 Å². The third-order valence-electron chi connectivity index (χ3n) is 3.51. The molecule has 2 nitrogen and oxygen atoms in total. The van der Waals surface area contributed by atoms with E-state index >= 15 is 0 Å². The molecule has 0 aliphatic carbocycles. The van der Waals surface area contributed by atoms with E-state index in [1.165, 1.54) is 19.2 Å². The summed E-state index contributed by atoms with van der Waals surface area (Å²) in [7, 11) is 1.40. The molecule has 0 bridgehead atoms. The summed E-state index contributed by atoms with van der Waals surface area (Å²) in [6.07, 6.45) is 2.00. The smallest absolute Gasteiger partial charge is 0.305 e. The van der Waals surface area contributed by atoms with Crippen molar-refractivity contribution >= 4 is 17.6 Å². The van der Waals surface area contributed by atoms with Crippen LogP contribution in [-0.2, 0) is 16.0 Å². The van der Waals surface area contributed by atoms with Crippen molar-refractivity contribution in [1.29, 1.82) is 0 Å². The number of halogens is 2. The van der Waals surface area contributed by atoms with Crippen LogP contribution in [0.5, 0.6) is 0 Å². The van der Waals surface area contributed by atoms with E-state index in [0.29, 0.717) is 6.42 Å². The van der Waals surface area contributed by atoms with Crippen LogP contribution >= 0.6 is 11.6 Å². The highest BCUT2D eigenvalue weighted by atomic mass is 35.5. The van der Waals surface area contributed by atoms with Crippen molar-refractivity contribution in [2.75, 3.05) is 7.11 Å². The Hall–Kier alpha value is -1.87. The maximum Gasteiger partial charge on any atom is 0.305 e. The molecule has 2 rings (SSSR count). The van der Waals surface area contributed by atoms with Gasteiger partial charge in [0.1, 0.15) is 5.82 Å². The van der Waals surface area contributed by atoms with Crippen LogP contribution in [0.15, 0.2) is 48.5 Å². The number of hydrogen-bond acceptors (Lipinski definition) is 2. The van der Waals surface area contributed by atoms with Gasteiger partial charge in [0.05, 0.1) is 12.5 Å². The molecule has 0 saturated heterocycles. The molecular weight excluding hydrogens is 303 g/mol. The van der Waals surface area contributed by atoms with Crippen molar-refractivity contribution in [1.82, 2.24) is 0 Å². The summed E-state index contributed by atoms with van der Waals surface area (Å²) >= 11 is 6.42. The number of carbonyl (C=O) groups is 1. The van der Waals surface area contributed by atoms with E-state index < -0.39 is 0 Å². The molecule has 0 amide bonds. The standard InChI is InChI=1S/C18H18ClFO2/c1-22-17(21)4-2-3-13-5-7-14(8-6-13)18(19)15-9-11-16(20)12-10-15/h5-12,18H,2-4H2,1H3. The fourth-order valence-electron chi connectivity index (χ4n) is 2.22.